The van der Waals surface area contributed by atoms with E-state index < -0.39 is 0 Å². The number of hydrogen-bond acceptors (Lipinski definition) is 0. The summed E-state index contributed by atoms with van der Waals surface area (Å²) in [7, 11) is 0. The Morgan fingerprint density at radius 3 is 2.53 bits per heavy atom. The van der Waals surface area contributed by atoms with Gasteiger partial charge < -0.3 is 0 Å². The number of alkyl halides is 1. The second-order valence-corrected chi connectivity index (χ2v) is 6.97. The molecule has 0 radical (unpaired) electrons. The zero-order valence-corrected chi connectivity index (χ0v) is 12.9. The van der Waals surface area contributed by atoms with Gasteiger partial charge >= 0.3 is 0 Å². The van der Waals surface area contributed by atoms with Gasteiger partial charge in [0.05, 0.1) is 0 Å². The van der Waals surface area contributed by atoms with Gasteiger partial charge in [-0.1, -0.05) is 54.4 Å². The van der Waals surface area contributed by atoms with Crippen molar-refractivity contribution in [2.24, 2.45) is 5.41 Å². The zero-order valence-electron chi connectivity index (χ0n) is 10.6. The molecular formula is C14H19BrClF. The Hall–Kier alpha value is -0.0800. The van der Waals surface area contributed by atoms with E-state index in [-0.39, 0.29) is 11.2 Å². The molecule has 1 atom stereocenters. The van der Waals surface area contributed by atoms with E-state index in [1.165, 1.54) is 12.1 Å². The van der Waals surface area contributed by atoms with Crippen LogP contribution in [0.25, 0.3) is 0 Å². The van der Waals surface area contributed by atoms with Gasteiger partial charge in [0.1, 0.15) is 5.82 Å². The molecule has 17 heavy (non-hydrogen) atoms. The van der Waals surface area contributed by atoms with Crippen molar-refractivity contribution in [2.45, 2.75) is 44.9 Å². The van der Waals surface area contributed by atoms with Gasteiger partial charge in [-0.25, -0.2) is 4.39 Å². The van der Waals surface area contributed by atoms with E-state index in [2.05, 4.69) is 36.7 Å². The van der Waals surface area contributed by atoms with Crippen LogP contribution in [0.3, 0.4) is 0 Å². The minimum atomic E-state index is -0.271. The Morgan fingerprint density at radius 1 is 1.35 bits per heavy atom. The van der Waals surface area contributed by atoms with Crippen molar-refractivity contribution >= 4 is 27.5 Å². The molecule has 3 heteroatoms. The molecule has 0 amide bonds. The van der Waals surface area contributed by atoms with E-state index in [4.69, 9.17) is 11.6 Å². The fraction of sp³-hybridized carbons (Fsp3) is 0.571. The summed E-state index contributed by atoms with van der Waals surface area (Å²) in [5.41, 5.74) is 1.30. The average molecular weight is 322 g/mol. The van der Waals surface area contributed by atoms with Crippen LogP contribution in [0, 0.1) is 11.2 Å². The Kier molecular flexibility index (Phi) is 5.46. The maximum absolute atomic E-state index is 12.9. The highest BCUT2D eigenvalue weighted by molar-refractivity contribution is 9.09. The van der Waals surface area contributed by atoms with Crippen LogP contribution >= 0.6 is 27.5 Å². The summed E-state index contributed by atoms with van der Waals surface area (Å²) in [5.74, 6) is -0.271. The molecule has 1 rings (SSSR count). The molecular weight excluding hydrogens is 303 g/mol. The van der Waals surface area contributed by atoms with Gasteiger partial charge in [0.15, 0.2) is 0 Å². The topological polar surface area (TPSA) is 0 Å². The predicted molar refractivity (Wildman–Crippen MR) is 76.5 cm³/mol. The number of benzene rings is 1. The first-order chi connectivity index (χ1) is 7.80. The van der Waals surface area contributed by atoms with Gasteiger partial charge in [0.2, 0.25) is 0 Å². The maximum atomic E-state index is 12.9. The minimum absolute atomic E-state index is 0.270. The van der Waals surface area contributed by atoms with Gasteiger partial charge in [-0.3, -0.25) is 0 Å². The van der Waals surface area contributed by atoms with Gasteiger partial charge in [-0.2, -0.15) is 0 Å². The Bertz CT molecular complexity index is 371. The molecule has 1 aromatic rings. The monoisotopic (exact) mass is 320 g/mol. The molecule has 0 nitrogen and oxygen atoms in total. The van der Waals surface area contributed by atoms with Crippen LogP contribution in [0.15, 0.2) is 18.2 Å². The summed E-state index contributed by atoms with van der Waals surface area (Å²) in [5, 5.41) is 0.534. The van der Waals surface area contributed by atoms with Crippen LogP contribution in [0.2, 0.25) is 5.02 Å². The fourth-order valence-corrected chi connectivity index (χ4v) is 2.21. The molecule has 0 saturated carbocycles. The summed E-state index contributed by atoms with van der Waals surface area (Å²) in [6.07, 6.45) is 3.05. The van der Waals surface area contributed by atoms with E-state index >= 15 is 0 Å². The van der Waals surface area contributed by atoms with Crippen molar-refractivity contribution in [1.82, 2.24) is 0 Å². The molecule has 1 aromatic carbocycles. The third-order valence-corrected chi connectivity index (χ3v) is 5.04. The lowest BCUT2D eigenvalue weighted by Gasteiger charge is -2.25. The first-order valence-corrected chi connectivity index (χ1v) is 7.18. The highest BCUT2D eigenvalue weighted by Gasteiger charge is 2.21. The molecule has 0 aliphatic heterocycles. The Balaban J connectivity index is 2.46. The van der Waals surface area contributed by atoms with Crippen LogP contribution in [0.1, 0.15) is 39.2 Å². The molecule has 0 aliphatic carbocycles. The molecule has 1 unspecified atom stereocenters. The highest BCUT2D eigenvalue weighted by atomic mass is 79.9. The summed E-state index contributed by atoms with van der Waals surface area (Å²) in [6, 6.07) is 4.63. The first-order valence-electron chi connectivity index (χ1n) is 5.88. The molecule has 0 heterocycles. The molecule has 96 valence electrons. The third-order valence-electron chi connectivity index (χ3n) is 2.86. The van der Waals surface area contributed by atoms with Crippen molar-refractivity contribution in [3.05, 3.63) is 34.6 Å². The lowest BCUT2D eigenvalue weighted by atomic mass is 9.89. The van der Waals surface area contributed by atoms with Crippen LogP contribution < -0.4 is 0 Å². The Morgan fingerprint density at radius 2 is 2.00 bits per heavy atom. The first kappa shape index (κ1) is 15.0. The van der Waals surface area contributed by atoms with Crippen molar-refractivity contribution in [3.63, 3.8) is 0 Å². The van der Waals surface area contributed by atoms with E-state index in [9.17, 15) is 4.39 Å². The van der Waals surface area contributed by atoms with Crippen molar-refractivity contribution in [2.75, 3.05) is 0 Å². The largest absolute Gasteiger partial charge is 0.207 e. The summed E-state index contributed by atoms with van der Waals surface area (Å²) < 4.78 is 12.9. The quantitative estimate of drug-likeness (QED) is 0.632. The zero-order chi connectivity index (χ0) is 13.1. The van der Waals surface area contributed by atoms with Crippen LogP contribution in [0.5, 0.6) is 0 Å². The summed E-state index contributed by atoms with van der Waals surface area (Å²) >= 11 is 9.69. The van der Waals surface area contributed by atoms with Gasteiger partial charge in [0, 0.05) is 9.85 Å². The maximum Gasteiger partial charge on any atom is 0.124 e. The third kappa shape index (κ3) is 4.97. The molecule has 0 bridgehead atoms. The van der Waals surface area contributed by atoms with E-state index in [0.29, 0.717) is 9.85 Å². The molecule has 0 aromatic heterocycles. The van der Waals surface area contributed by atoms with Gasteiger partial charge in [0.25, 0.3) is 0 Å². The van der Waals surface area contributed by atoms with Crippen molar-refractivity contribution < 1.29 is 4.39 Å². The molecule has 0 aliphatic rings. The normalized spacial score (nSPS) is 13.8. The smallest absolute Gasteiger partial charge is 0.124 e. The minimum Gasteiger partial charge on any atom is -0.207 e. The fourth-order valence-electron chi connectivity index (χ4n) is 1.63. The average Bonchev–Trinajstić information content (AvgIpc) is 2.19. The lowest BCUT2D eigenvalue weighted by Crippen LogP contribution is -2.20. The number of rotatable bonds is 4. The van der Waals surface area contributed by atoms with Crippen molar-refractivity contribution in [1.29, 1.82) is 0 Å². The Labute approximate surface area is 117 Å². The molecule has 0 N–H and O–H groups in total. The number of hydrogen-bond donors (Lipinski definition) is 0. The number of aryl methyl sites for hydroxylation is 1. The van der Waals surface area contributed by atoms with E-state index in [1.807, 2.05) is 0 Å². The van der Waals surface area contributed by atoms with E-state index in [1.54, 1.807) is 6.07 Å². The van der Waals surface area contributed by atoms with Gasteiger partial charge in [-0.05, 0) is 42.4 Å². The SMILES string of the molecule is CC(C)(C)C(Br)CCCc1ccc(F)cc1Cl. The van der Waals surface area contributed by atoms with Crippen molar-refractivity contribution in [3.8, 4) is 0 Å². The second kappa shape index (κ2) is 6.19. The van der Waals surface area contributed by atoms with Crippen LogP contribution in [0.4, 0.5) is 4.39 Å². The standard InChI is InChI=1S/C14H19BrClF/c1-14(2,3)13(15)6-4-5-10-7-8-11(17)9-12(10)16/h7-9,13H,4-6H2,1-3H3. The predicted octanol–water partition coefficient (Wildman–Crippen LogP) is 5.61. The summed E-state index contributed by atoms with van der Waals surface area (Å²) in [6.45, 7) is 6.66. The summed E-state index contributed by atoms with van der Waals surface area (Å²) in [4.78, 5) is 0.495. The van der Waals surface area contributed by atoms with Gasteiger partial charge in [-0.15, -0.1) is 0 Å². The molecule has 0 saturated heterocycles. The van der Waals surface area contributed by atoms with Crippen LogP contribution in [-0.2, 0) is 6.42 Å². The highest BCUT2D eigenvalue weighted by Crippen LogP contribution is 2.30. The second-order valence-electron chi connectivity index (χ2n) is 5.46. The lowest BCUT2D eigenvalue weighted by molar-refractivity contribution is 0.380. The van der Waals surface area contributed by atoms with E-state index in [0.717, 1.165) is 24.8 Å². The molecule has 0 spiro atoms. The number of halogens is 3. The molecule has 0 fully saturated rings. The van der Waals surface area contributed by atoms with Crippen LogP contribution in [-0.4, -0.2) is 4.83 Å².